The molecule has 0 amide bonds. The quantitative estimate of drug-likeness (QED) is 0.451. The van der Waals surface area contributed by atoms with E-state index >= 15 is 0 Å². The van der Waals surface area contributed by atoms with Gasteiger partial charge in [-0.2, -0.15) is 0 Å². The summed E-state index contributed by atoms with van der Waals surface area (Å²) in [6, 6.07) is 0. The molecule has 0 heterocycles. The van der Waals surface area contributed by atoms with Crippen LogP contribution in [0.1, 0.15) is 33.1 Å². The summed E-state index contributed by atoms with van der Waals surface area (Å²) in [6.45, 7) is 3.18. The van der Waals surface area contributed by atoms with Crippen molar-refractivity contribution in [2.45, 2.75) is 57.5 Å². The Balaban J connectivity index is 4.18. The molecule has 0 spiro atoms. The second-order valence-corrected chi connectivity index (χ2v) is 3.74. The van der Waals surface area contributed by atoms with Crippen molar-refractivity contribution in [3.05, 3.63) is 0 Å². The van der Waals surface area contributed by atoms with Crippen molar-refractivity contribution in [2.75, 3.05) is 0 Å². The number of aliphatic hydroxyl groups excluding tert-OH is 4. The first kappa shape index (κ1) is 14.5. The maximum Gasteiger partial charge on any atom is 0.164 e. The van der Waals surface area contributed by atoms with Crippen molar-refractivity contribution in [3.63, 3.8) is 0 Å². The van der Waals surface area contributed by atoms with Crippen LogP contribution in [0.4, 0.5) is 0 Å². The normalized spacial score (nSPS) is 19.3. The highest BCUT2D eigenvalue weighted by atomic mass is 16.4. The van der Waals surface area contributed by atoms with E-state index in [1.807, 2.05) is 6.92 Å². The van der Waals surface area contributed by atoms with Gasteiger partial charge in [0.2, 0.25) is 0 Å². The van der Waals surface area contributed by atoms with E-state index in [1.165, 1.54) is 6.92 Å². The van der Waals surface area contributed by atoms with Crippen LogP contribution < -0.4 is 0 Å². The van der Waals surface area contributed by atoms with E-state index in [-0.39, 0.29) is 6.42 Å². The van der Waals surface area contributed by atoms with Crippen LogP contribution in [0.15, 0.2) is 0 Å². The Morgan fingerprint density at radius 3 is 2.07 bits per heavy atom. The number of hydrogen-bond acceptors (Lipinski definition) is 5. The fourth-order valence-electron chi connectivity index (χ4n) is 1.16. The average Bonchev–Trinajstić information content (AvgIpc) is 2.22. The van der Waals surface area contributed by atoms with Gasteiger partial charge in [-0.15, -0.1) is 0 Å². The van der Waals surface area contributed by atoms with Crippen LogP contribution in [-0.4, -0.2) is 50.6 Å². The molecule has 0 saturated heterocycles. The number of carbonyl (C=O) groups is 1. The molecule has 0 aliphatic rings. The molecular formula is C10H20O5. The van der Waals surface area contributed by atoms with E-state index in [9.17, 15) is 20.1 Å². The first-order valence-corrected chi connectivity index (χ1v) is 5.16. The molecule has 0 saturated carbocycles. The molecule has 0 unspecified atom stereocenters. The van der Waals surface area contributed by atoms with Crippen molar-refractivity contribution >= 4 is 5.78 Å². The number of hydrogen-bond donors (Lipinski definition) is 4. The molecule has 15 heavy (non-hydrogen) atoms. The molecule has 5 nitrogen and oxygen atoms in total. The molecule has 0 fully saturated rings. The fourth-order valence-corrected chi connectivity index (χ4v) is 1.16. The van der Waals surface area contributed by atoms with Gasteiger partial charge in [-0.05, 0) is 13.3 Å². The van der Waals surface area contributed by atoms with Crippen molar-refractivity contribution in [1.29, 1.82) is 0 Å². The minimum Gasteiger partial charge on any atom is -0.391 e. The lowest BCUT2D eigenvalue weighted by atomic mass is 9.98. The van der Waals surface area contributed by atoms with Gasteiger partial charge in [0.05, 0.1) is 6.10 Å². The largest absolute Gasteiger partial charge is 0.391 e. The number of ketones is 1. The number of carbonyl (C=O) groups excluding carboxylic acids is 1. The Labute approximate surface area is 89.4 Å². The molecular weight excluding hydrogens is 200 g/mol. The van der Waals surface area contributed by atoms with Crippen molar-refractivity contribution in [3.8, 4) is 0 Å². The van der Waals surface area contributed by atoms with Gasteiger partial charge in [-0.1, -0.05) is 13.3 Å². The average molecular weight is 220 g/mol. The van der Waals surface area contributed by atoms with E-state index in [1.54, 1.807) is 0 Å². The molecule has 0 aliphatic carbocycles. The molecule has 0 aromatic rings. The van der Waals surface area contributed by atoms with Gasteiger partial charge in [-0.3, -0.25) is 4.79 Å². The molecule has 0 aliphatic heterocycles. The lowest BCUT2D eigenvalue weighted by molar-refractivity contribution is -0.143. The number of unbranched alkanes of at least 4 members (excludes halogenated alkanes) is 1. The second kappa shape index (κ2) is 6.90. The third-order valence-corrected chi connectivity index (χ3v) is 2.27. The zero-order valence-electron chi connectivity index (χ0n) is 9.13. The van der Waals surface area contributed by atoms with Crippen LogP contribution in [-0.2, 0) is 4.79 Å². The van der Waals surface area contributed by atoms with Gasteiger partial charge >= 0.3 is 0 Å². The SMILES string of the molecule is CCCCC(=O)[C@@H](O)[C@H](O)[C@H](O)[C@H](C)O. The summed E-state index contributed by atoms with van der Waals surface area (Å²) >= 11 is 0. The minimum atomic E-state index is -1.63. The third-order valence-electron chi connectivity index (χ3n) is 2.27. The maximum absolute atomic E-state index is 11.3. The summed E-state index contributed by atoms with van der Waals surface area (Å²) in [7, 11) is 0. The number of aliphatic hydroxyl groups is 4. The Hall–Kier alpha value is -0.490. The van der Waals surface area contributed by atoms with Gasteiger partial charge in [0, 0.05) is 6.42 Å². The van der Waals surface area contributed by atoms with Crippen LogP contribution >= 0.6 is 0 Å². The predicted molar refractivity (Wildman–Crippen MR) is 54.2 cm³/mol. The van der Waals surface area contributed by atoms with Crippen molar-refractivity contribution in [1.82, 2.24) is 0 Å². The Bertz CT molecular complexity index is 192. The monoisotopic (exact) mass is 220 g/mol. The summed E-state index contributed by atoms with van der Waals surface area (Å²) in [5.41, 5.74) is 0. The molecule has 5 heteroatoms. The lowest BCUT2D eigenvalue weighted by Crippen LogP contribution is -2.46. The van der Waals surface area contributed by atoms with Crippen LogP contribution in [0.25, 0.3) is 0 Å². The molecule has 90 valence electrons. The summed E-state index contributed by atoms with van der Waals surface area (Å²) in [6.07, 6.45) is -4.34. The van der Waals surface area contributed by atoms with E-state index in [0.717, 1.165) is 6.42 Å². The fraction of sp³-hybridized carbons (Fsp3) is 0.900. The van der Waals surface area contributed by atoms with E-state index in [4.69, 9.17) is 5.11 Å². The lowest BCUT2D eigenvalue weighted by Gasteiger charge is -2.23. The third kappa shape index (κ3) is 4.70. The summed E-state index contributed by atoms with van der Waals surface area (Å²) in [5.74, 6) is -0.510. The highest BCUT2D eigenvalue weighted by Crippen LogP contribution is 2.08. The molecule has 0 aromatic carbocycles. The van der Waals surface area contributed by atoms with Crippen molar-refractivity contribution < 1.29 is 25.2 Å². The molecule has 4 atom stereocenters. The molecule has 0 aromatic heterocycles. The Morgan fingerprint density at radius 1 is 1.13 bits per heavy atom. The molecule has 0 bridgehead atoms. The summed E-state index contributed by atoms with van der Waals surface area (Å²) in [4.78, 5) is 11.3. The van der Waals surface area contributed by atoms with E-state index in [0.29, 0.717) is 6.42 Å². The van der Waals surface area contributed by atoms with Gasteiger partial charge in [0.15, 0.2) is 5.78 Å². The highest BCUT2D eigenvalue weighted by molar-refractivity contribution is 5.83. The predicted octanol–water partition coefficient (Wildman–Crippen LogP) is -0.791. The van der Waals surface area contributed by atoms with Gasteiger partial charge in [0.1, 0.15) is 18.3 Å². The second-order valence-electron chi connectivity index (χ2n) is 3.74. The number of rotatable bonds is 7. The number of Topliss-reactive ketones (excluding diaryl/α,β-unsaturated/α-hetero) is 1. The van der Waals surface area contributed by atoms with E-state index < -0.39 is 30.2 Å². The Morgan fingerprint density at radius 2 is 1.67 bits per heavy atom. The summed E-state index contributed by atoms with van der Waals surface area (Å²) in [5, 5.41) is 36.9. The zero-order chi connectivity index (χ0) is 12.0. The van der Waals surface area contributed by atoms with Crippen molar-refractivity contribution in [2.24, 2.45) is 0 Å². The van der Waals surface area contributed by atoms with Gasteiger partial charge in [-0.25, -0.2) is 0 Å². The van der Waals surface area contributed by atoms with Crippen LogP contribution in [0.2, 0.25) is 0 Å². The smallest absolute Gasteiger partial charge is 0.164 e. The molecule has 0 rings (SSSR count). The maximum atomic E-state index is 11.3. The molecule has 0 radical (unpaired) electrons. The van der Waals surface area contributed by atoms with Gasteiger partial charge in [0.25, 0.3) is 0 Å². The molecule has 4 N–H and O–H groups in total. The zero-order valence-corrected chi connectivity index (χ0v) is 9.13. The highest BCUT2D eigenvalue weighted by Gasteiger charge is 2.31. The van der Waals surface area contributed by atoms with Crippen LogP contribution in [0, 0.1) is 0 Å². The first-order valence-electron chi connectivity index (χ1n) is 5.16. The Kier molecular flexibility index (Phi) is 6.67. The van der Waals surface area contributed by atoms with Gasteiger partial charge < -0.3 is 20.4 Å². The minimum absolute atomic E-state index is 0.168. The van der Waals surface area contributed by atoms with Crippen LogP contribution in [0.5, 0.6) is 0 Å². The summed E-state index contributed by atoms with van der Waals surface area (Å²) < 4.78 is 0. The van der Waals surface area contributed by atoms with E-state index in [2.05, 4.69) is 0 Å². The van der Waals surface area contributed by atoms with Crippen LogP contribution in [0.3, 0.4) is 0 Å². The first-order chi connectivity index (χ1) is 6.91. The standard InChI is InChI=1S/C10H20O5/c1-3-4-5-7(12)9(14)10(15)8(13)6(2)11/h6,8-11,13-15H,3-5H2,1-2H3/t6-,8+,9+,10+/m0/s1. The topological polar surface area (TPSA) is 98.0 Å².